The minimum atomic E-state index is -0.793. The number of allylic oxidation sites excluding steroid dienone is 12. The van der Waals surface area contributed by atoms with Crippen LogP contribution in [-0.2, 0) is 28.6 Å². The van der Waals surface area contributed by atoms with Crippen LogP contribution in [0.1, 0.15) is 265 Å². The fourth-order valence-corrected chi connectivity index (χ4v) is 7.54. The van der Waals surface area contributed by atoms with Crippen molar-refractivity contribution in [3.05, 3.63) is 72.9 Å². The number of ether oxygens (including phenoxy) is 3. The zero-order valence-electron chi connectivity index (χ0n) is 42.7. The van der Waals surface area contributed by atoms with Gasteiger partial charge in [-0.2, -0.15) is 0 Å². The number of carbonyl (C=O) groups excluding carboxylic acids is 3. The van der Waals surface area contributed by atoms with Crippen LogP contribution in [0.4, 0.5) is 0 Å². The van der Waals surface area contributed by atoms with Gasteiger partial charge in [0.15, 0.2) is 6.10 Å². The second-order valence-electron chi connectivity index (χ2n) is 18.1. The number of carbonyl (C=O) groups is 3. The van der Waals surface area contributed by atoms with Crippen LogP contribution >= 0.6 is 0 Å². The molecule has 0 amide bonds. The van der Waals surface area contributed by atoms with E-state index < -0.39 is 6.10 Å². The largest absolute Gasteiger partial charge is 0.462 e. The second-order valence-corrected chi connectivity index (χ2v) is 18.1. The SMILES string of the molecule is CC/C=C\C/C=C\C/C=C\C/C=C\CCCCCCC(=O)OCC(COC(=O)CCCCCCC/C=C\CCCCCCC)OC(=O)CCCCCCC/C=C\CCCCCCCCC. The average Bonchev–Trinajstić information content (AvgIpc) is 3.30. The van der Waals surface area contributed by atoms with E-state index in [1.807, 2.05) is 0 Å². The maximum atomic E-state index is 12.8. The molecule has 0 aromatic carbocycles. The molecule has 0 rings (SSSR count). The minimum absolute atomic E-state index is 0.0907. The van der Waals surface area contributed by atoms with Gasteiger partial charge in [-0.3, -0.25) is 14.4 Å². The van der Waals surface area contributed by atoms with E-state index in [1.54, 1.807) is 0 Å². The van der Waals surface area contributed by atoms with E-state index in [9.17, 15) is 14.4 Å². The quantitative estimate of drug-likeness (QED) is 0.0262. The molecule has 0 saturated carbocycles. The monoisotopic (exact) mass is 907 g/mol. The summed E-state index contributed by atoms with van der Waals surface area (Å²) in [5, 5.41) is 0. The summed E-state index contributed by atoms with van der Waals surface area (Å²) in [5.41, 5.74) is 0. The Balaban J connectivity index is 4.45. The average molecular weight is 907 g/mol. The molecule has 65 heavy (non-hydrogen) atoms. The van der Waals surface area contributed by atoms with E-state index in [1.165, 1.54) is 109 Å². The molecule has 0 spiro atoms. The molecule has 0 fully saturated rings. The fraction of sp³-hybridized carbons (Fsp3) is 0.746. The molecular formula is C59H102O6. The Kier molecular flexibility index (Phi) is 50.9. The Hall–Kier alpha value is -3.15. The summed E-state index contributed by atoms with van der Waals surface area (Å²) in [6.45, 7) is 6.49. The molecule has 0 aliphatic carbocycles. The van der Waals surface area contributed by atoms with Crippen molar-refractivity contribution in [1.82, 2.24) is 0 Å². The van der Waals surface area contributed by atoms with E-state index in [0.717, 1.165) is 116 Å². The Labute approximate surface area is 402 Å². The van der Waals surface area contributed by atoms with Crippen LogP contribution in [0.15, 0.2) is 72.9 Å². The maximum absolute atomic E-state index is 12.8. The highest BCUT2D eigenvalue weighted by Crippen LogP contribution is 2.14. The molecule has 0 aromatic heterocycles. The molecule has 374 valence electrons. The van der Waals surface area contributed by atoms with Gasteiger partial charge in [-0.25, -0.2) is 0 Å². The van der Waals surface area contributed by atoms with Crippen molar-refractivity contribution in [3.63, 3.8) is 0 Å². The maximum Gasteiger partial charge on any atom is 0.306 e. The van der Waals surface area contributed by atoms with Crippen LogP contribution in [0.2, 0.25) is 0 Å². The van der Waals surface area contributed by atoms with Crippen molar-refractivity contribution in [2.45, 2.75) is 271 Å². The Morgan fingerprint density at radius 3 is 0.954 bits per heavy atom. The molecule has 0 aliphatic heterocycles. The van der Waals surface area contributed by atoms with Gasteiger partial charge in [0.25, 0.3) is 0 Å². The molecule has 6 nitrogen and oxygen atoms in total. The number of rotatable bonds is 49. The lowest BCUT2D eigenvalue weighted by atomic mass is 10.1. The van der Waals surface area contributed by atoms with Crippen LogP contribution in [-0.4, -0.2) is 37.2 Å². The highest BCUT2D eigenvalue weighted by atomic mass is 16.6. The summed E-state index contributed by atoms with van der Waals surface area (Å²) in [7, 11) is 0. The van der Waals surface area contributed by atoms with Gasteiger partial charge in [-0.1, -0.05) is 209 Å². The van der Waals surface area contributed by atoms with Crippen molar-refractivity contribution in [2.24, 2.45) is 0 Å². The summed E-state index contributed by atoms with van der Waals surface area (Å²) in [6.07, 6.45) is 67.4. The van der Waals surface area contributed by atoms with Crippen LogP contribution < -0.4 is 0 Å². The van der Waals surface area contributed by atoms with Crippen molar-refractivity contribution in [3.8, 4) is 0 Å². The third-order valence-corrected chi connectivity index (χ3v) is 11.7. The van der Waals surface area contributed by atoms with Crippen LogP contribution in [0.3, 0.4) is 0 Å². The number of esters is 3. The van der Waals surface area contributed by atoms with Gasteiger partial charge in [0.2, 0.25) is 0 Å². The van der Waals surface area contributed by atoms with Gasteiger partial charge >= 0.3 is 17.9 Å². The lowest BCUT2D eigenvalue weighted by Gasteiger charge is -2.18. The first-order valence-electron chi connectivity index (χ1n) is 27.4. The van der Waals surface area contributed by atoms with E-state index in [0.29, 0.717) is 19.3 Å². The van der Waals surface area contributed by atoms with Crippen LogP contribution in [0, 0.1) is 0 Å². The molecule has 0 N–H and O–H groups in total. The summed E-state index contributed by atoms with van der Waals surface area (Å²) in [5.74, 6) is -0.926. The Morgan fingerprint density at radius 1 is 0.323 bits per heavy atom. The van der Waals surface area contributed by atoms with Crippen molar-refractivity contribution < 1.29 is 28.6 Å². The van der Waals surface area contributed by atoms with Gasteiger partial charge < -0.3 is 14.2 Å². The van der Waals surface area contributed by atoms with Crippen molar-refractivity contribution in [2.75, 3.05) is 13.2 Å². The Bertz CT molecular complexity index is 1230. The first kappa shape index (κ1) is 61.9. The smallest absolute Gasteiger partial charge is 0.306 e. The van der Waals surface area contributed by atoms with Crippen LogP contribution in [0.5, 0.6) is 0 Å². The highest BCUT2D eigenvalue weighted by molar-refractivity contribution is 5.71. The molecule has 0 bridgehead atoms. The lowest BCUT2D eigenvalue weighted by Crippen LogP contribution is -2.30. The Morgan fingerprint density at radius 2 is 0.600 bits per heavy atom. The number of hydrogen-bond acceptors (Lipinski definition) is 6. The summed E-state index contributed by atoms with van der Waals surface area (Å²) in [4.78, 5) is 38.1. The van der Waals surface area contributed by atoms with Gasteiger partial charge in [0.05, 0.1) is 0 Å². The predicted molar refractivity (Wildman–Crippen MR) is 279 cm³/mol. The van der Waals surface area contributed by atoms with Gasteiger partial charge in [0.1, 0.15) is 13.2 Å². The predicted octanol–water partition coefficient (Wildman–Crippen LogP) is 18.2. The van der Waals surface area contributed by atoms with E-state index >= 15 is 0 Å². The topological polar surface area (TPSA) is 78.9 Å². The van der Waals surface area contributed by atoms with Gasteiger partial charge in [-0.05, 0) is 109 Å². The summed E-state index contributed by atoms with van der Waals surface area (Å²) < 4.78 is 16.8. The van der Waals surface area contributed by atoms with Crippen LogP contribution in [0.25, 0.3) is 0 Å². The standard InChI is InChI=1S/C59H102O6/c1-4-7-10-13-16-19-22-25-28-30-32-34-37-40-43-46-49-52-58(61)64-55-56(54-63-57(60)51-48-45-42-39-36-33-27-24-21-18-15-12-9-6-3)65-59(62)53-50-47-44-41-38-35-31-29-26-23-20-17-14-11-8-5-2/h7,10,16,19,24-25,27-29,31-32,34,56H,4-6,8-9,11-15,17-18,20-23,26,30,33,35-55H2,1-3H3/b10-7-,19-16-,27-24-,28-25-,31-29-,34-32-. The molecule has 0 heterocycles. The van der Waals surface area contributed by atoms with Crippen molar-refractivity contribution in [1.29, 1.82) is 0 Å². The molecule has 0 saturated heterocycles. The lowest BCUT2D eigenvalue weighted by molar-refractivity contribution is -0.167. The zero-order chi connectivity index (χ0) is 47.2. The molecule has 1 unspecified atom stereocenters. The molecule has 6 heteroatoms. The number of hydrogen-bond donors (Lipinski definition) is 0. The molecular weight excluding hydrogens is 805 g/mol. The van der Waals surface area contributed by atoms with Crippen molar-refractivity contribution >= 4 is 17.9 Å². The third-order valence-electron chi connectivity index (χ3n) is 11.7. The first-order valence-corrected chi connectivity index (χ1v) is 27.4. The first-order chi connectivity index (χ1) is 32.0. The van der Waals surface area contributed by atoms with E-state index in [-0.39, 0.29) is 31.1 Å². The molecule has 0 aromatic rings. The molecule has 1 atom stereocenters. The molecule has 0 aliphatic rings. The molecule has 0 radical (unpaired) electrons. The normalized spacial score (nSPS) is 12.6. The third kappa shape index (κ3) is 51.7. The van der Waals surface area contributed by atoms with E-state index in [4.69, 9.17) is 14.2 Å². The minimum Gasteiger partial charge on any atom is -0.462 e. The summed E-state index contributed by atoms with van der Waals surface area (Å²) >= 11 is 0. The number of unbranched alkanes of at least 4 members (excludes halogenated alkanes) is 26. The van der Waals surface area contributed by atoms with Gasteiger partial charge in [0, 0.05) is 19.3 Å². The summed E-state index contributed by atoms with van der Waals surface area (Å²) in [6, 6.07) is 0. The zero-order valence-corrected chi connectivity index (χ0v) is 42.7. The second kappa shape index (κ2) is 53.5. The highest BCUT2D eigenvalue weighted by Gasteiger charge is 2.19. The van der Waals surface area contributed by atoms with E-state index in [2.05, 4.69) is 93.7 Å². The van der Waals surface area contributed by atoms with Gasteiger partial charge in [-0.15, -0.1) is 0 Å². The fourth-order valence-electron chi connectivity index (χ4n) is 7.54.